The number of aliphatic hydroxyl groups is 1. The fourth-order valence-corrected chi connectivity index (χ4v) is 4.30. The Morgan fingerprint density at radius 2 is 1.96 bits per heavy atom. The predicted octanol–water partition coefficient (Wildman–Crippen LogP) is 1.80. The van der Waals surface area contributed by atoms with Crippen LogP contribution in [0.15, 0.2) is 18.2 Å². The van der Waals surface area contributed by atoms with Crippen LogP contribution in [0.2, 0.25) is 10.0 Å². The van der Waals surface area contributed by atoms with Crippen molar-refractivity contribution >= 4 is 29.2 Å². The van der Waals surface area contributed by atoms with Crippen LogP contribution in [-0.4, -0.2) is 65.3 Å². The topological polar surface area (TPSA) is 64.0 Å². The summed E-state index contributed by atoms with van der Waals surface area (Å²) in [6.07, 6.45) is 0. The zero-order valence-corrected chi connectivity index (χ0v) is 14.2. The molecule has 1 aromatic rings. The Kier molecular flexibility index (Phi) is 4.85. The molecule has 1 aromatic carbocycles. The molecule has 0 spiro atoms. The molecule has 2 saturated heterocycles. The van der Waals surface area contributed by atoms with Gasteiger partial charge in [-0.3, -0.25) is 14.6 Å². The van der Waals surface area contributed by atoms with Crippen molar-refractivity contribution in [2.75, 3.05) is 39.3 Å². The first-order chi connectivity index (χ1) is 11.0. The number of benzene rings is 1. The number of rotatable bonds is 5. The van der Waals surface area contributed by atoms with E-state index >= 15 is 0 Å². The Bertz CT molecular complexity index is 613. The van der Waals surface area contributed by atoms with Gasteiger partial charge >= 0.3 is 5.97 Å². The van der Waals surface area contributed by atoms with E-state index in [2.05, 4.69) is 4.90 Å². The van der Waals surface area contributed by atoms with Crippen molar-refractivity contribution in [1.82, 2.24) is 9.80 Å². The van der Waals surface area contributed by atoms with E-state index in [-0.39, 0.29) is 12.5 Å². The minimum atomic E-state index is -0.750. The molecule has 2 aliphatic heterocycles. The third-order valence-electron chi connectivity index (χ3n) is 5.02. The maximum Gasteiger partial charge on any atom is 0.312 e. The van der Waals surface area contributed by atoms with Gasteiger partial charge in [0.15, 0.2) is 0 Å². The number of hydrogen-bond acceptors (Lipinski definition) is 4. The van der Waals surface area contributed by atoms with E-state index in [0.29, 0.717) is 42.8 Å². The molecular weight excluding hydrogens is 339 g/mol. The zero-order chi connectivity index (χ0) is 16.6. The van der Waals surface area contributed by atoms with E-state index in [1.54, 1.807) is 6.07 Å². The molecule has 0 aromatic heterocycles. The third-order valence-corrected chi connectivity index (χ3v) is 5.88. The first-order valence-corrected chi connectivity index (χ1v) is 8.44. The summed E-state index contributed by atoms with van der Waals surface area (Å²) in [6.45, 7) is 3.62. The van der Waals surface area contributed by atoms with Gasteiger partial charge in [-0.2, -0.15) is 0 Å². The molecular formula is C16H20Cl2N2O3. The van der Waals surface area contributed by atoms with Gasteiger partial charge in [-0.05, 0) is 11.6 Å². The highest BCUT2D eigenvalue weighted by molar-refractivity contribution is 6.42. The van der Waals surface area contributed by atoms with Crippen LogP contribution in [0.3, 0.4) is 0 Å². The second-order valence-electron chi connectivity index (χ2n) is 6.50. The predicted molar refractivity (Wildman–Crippen MR) is 88.8 cm³/mol. The van der Waals surface area contributed by atoms with Crippen LogP contribution in [0, 0.1) is 11.3 Å². The van der Waals surface area contributed by atoms with Crippen molar-refractivity contribution in [2.24, 2.45) is 11.3 Å². The van der Waals surface area contributed by atoms with Crippen molar-refractivity contribution in [1.29, 1.82) is 0 Å². The van der Waals surface area contributed by atoms with Gasteiger partial charge < -0.3 is 10.2 Å². The summed E-state index contributed by atoms with van der Waals surface area (Å²) in [6, 6.07) is 5.53. The number of aliphatic carboxylic acids is 1. The molecule has 2 aliphatic rings. The van der Waals surface area contributed by atoms with Gasteiger partial charge in [-0.15, -0.1) is 0 Å². The number of nitrogens with zero attached hydrogens (tertiary/aromatic N) is 2. The summed E-state index contributed by atoms with van der Waals surface area (Å²) in [5, 5.41) is 19.9. The Morgan fingerprint density at radius 3 is 2.61 bits per heavy atom. The molecule has 2 atom stereocenters. The van der Waals surface area contributed by atoms with E-state index in [9.17, 15) is 9.90 Å². The summed E-state index contributed by atoms with van der Waals surface area (Å²) in [4.78, 5) is 16.1. The number of carboxylic acid groups (broad SMARTS) is 1. The van der Waals surface area contributed by atoms with Crippen LogP contribution in [0.5, 0.6) is 0 Å². The maximum absolute atomic E-state index is 11.9. The molecule has 0 saturated carbocycles. The number of aliphatic hydroxyl groups excluding tert-OH is 1. The lowest BCUT2D eigenvalue weighted by molar-refractivity contribution is -0.149. The monoisotopic (exact) mass is 358 g/mol. The van der Waals surface area contributed by atoms with Crippen LogP contribution in [0.25, 0.3) is 0 Å². The maximum atomic E-state index is 11.9. The van der Waals surface area contributed by atoms with E-state index in [1.807, 2.05) is 17.0 Å². The molecule has 0 amide bonds. The van der Waals surface area contributed by atoms with Crippen LogP contribution < -0.4 is 0 Å². The quantitative estimate of drug-likeness (QED) is 0.840. The average molecular weight is 359 g/mol. The number of halogens is 2. The van der Waals surface area contributed by atoms with Crippen molar-refractivity contribution in [3.8, 4) is 0 Å². The summed E-state index contributed by atoms with van der Waals surface area (Å²) >= 11 is 12.3. The fourth-order valence-electron chi connectivity index (χ4n) is 3.92. The molecule has 2 fully saturated rings. The molecule has 3 rings (SSSR count). The lowest BCUT2D eigenvalue weighted by Crippen LogP contribution is -2.41. The van der Waals surface area contributed by atoms with E-state index in [1.165, 1.54) is 0 Å². The largest absolute Gasteiger partial charge is 0.481 e. The summed E-state index contributed by atoms with van der Waals surface area (Å²) < 4.78 is 0. The number of carbonyl (C=O) groups is 1. The van der Waals surface area contributed by atoms with Gasteiger partial charge in [0.05, 0.1) is 22.1 Å². The fraction of sp³-hybridized carbons (Fsp3) is 0.562. The van der Waals surface area contributed by atoms with Crippen molar-refractivity contribution < 1.29 is 15.0 Å². The molecule has 0 bridgehead atoms. The Hall–Kier alpha value is -0.850. The van der Waals surface area contributed by atoms with Crippen LogP contribution >= 0.6 is 23.2 Å². The first-order valence-electron chi connectivity index (χ1n) is 7.68. The molecule has 5 nitrogen and oxygen atoms in total. The number of hydrogen-bond donors (Lipinski definition) is 2. The highest BCUT2D eigenvalue weighted by Crippen LogP contribution is 2.43. The highest BCUT2D eigenvalue weighted by atomic mass is 35.5. The molecule has 2 heterocycles. The molecule has 7 heteroatoms. The van der Waals surface area contributed by atoms with Crippen molar-refractivity contribution in [2.45, 2.75) is 6.54 Å². The second kappa shape index (κ2) is 6.57. The number of carboxylic acids is 1. The summed E-state index contributed by atoms with van der Waals surface area (Å²) in [5.74, 6) is -0.674. The van der Waals surface area contributed by atoms with Crippen LogP contribution in [0.1, 0.15) is 5.56 Å². The van der Waals surface area contributed by atoms with E-state index < -0.39 is 11.4 Å². The van der Waals surface area contributed by atoms with Crippen LogP contribution in [-0.2, 0) is 11.3 Å². The van der Waals surface area contributed by atoms with Gasteiger partial charge in [-0.1, -0.05) is 35.3 Å². The Labute approximate surface area is 145 Å². The SMILES string of the molecule is O=C(O)[C@@]12CN(CCO)C[C@@H]1CN(Cc1cccc(Cl)c1Cl)C2. The van der Waals surface area contributed by atoms with E-state index in [4.69, 9.17) is 28.3 Å². The van der Waals surface area contributed by atoms with Gasteiger partial charge in [0.25, 0.3) is 0 Å². The lowest BCUT2D eigenvalue weighted by Gasteiger charge is -2.25. The van der Waals surface area contributed by atoms with Gasteiger partial charge in [0.2, 0.25) is 0 Å². The summed E-state index contributed by atoms with van der Waals surface area (Å²) in [5.41, 5.74) is 0.173. The lowest BCUT2D eigenvalue weighted by atomic mass is 9.81. The number of β-amino-alcohol motifs (C(OH)–C–C–N with tert-alkyl or cyclic N) is 1. The minimum Gasteiger partial charge on any atom is -0.481 e. The third kappa shape index (κ3) is 3.08. The smallest absolute Gasteiger partial charge is 0.312 e. The molecule has 2 N–H and O–H groups in total. The van der Waals surface area contributed by atoms with Gasteiger partial charge in [0, 0.05) is 45.2 Å². The Morgan fingerprint density at radius 1 is 1.26 bits per heavy atom. The van der Waals surface area contributed by atoms with Crippen LogP contribution in [0.4, 0.5) is 0 Å². The van der Waals surface area contributed by atoms with Gasteiger partial charge in [-0.25, -0.2) is 0 Å². The Balaban J connectivity index is 1.75. The first kappa shape index (κ1) is 17.0. The molecule has 23 heavy (non-hydrogen) atoms. The van der Waals surface area contributed by atoms with Gasteiger partial charge in [0.1, 0.15) is 0 Å². The molecule has 126 valence electrons. The second-order valence-corrected chi connectivity index (χ2v) is 7.28. The summed E-state index contributed by atoms with van der Waals surface area (Å²) in [7, 11) is 0. The normalized spacial score (nSPS) is 28.2. The number of likely N-dealkylation sites (tertiary alicyclic amines) is 2. The zero-order valence-electron chi connectivity index (χ0n) is 12.7. The minimum absolute atomic E-state index is 0.0598. The standard InChI is InChI=1S/C16H20Cl2N2O3/c17-13-3-1-2-11(14(13)18)6-20-8-12-7-19(4-5-21)9-16(12,10-20)15(22)23/h1-3,12,21H,4-10H2,(H,22,23)/t12-,16-/m1/s1. The number of fused-ring (bicyclic) bond motifs is 1. The average Bonchev–Trinajstić information content (AvgIpc) is 2.98. The van der Waals surface area contributed by atoms with Crippen molar-refractivity contribution in [3.63, 3.8) is 0 Å². The molecule has 0 unspecified atom stereocenters. The highest BCUT2D eigenvalue weighted by Gasteiger charge is 2.57. The van der Waals surface area contributed by atoms with E-state index in [0.717, 1.165) is 12.1 Å². The molecule has 0 radical (unpaired) electrons. The molecule has 0 aliphatic carbocycles. The van der Waals surface area contributed by atoms with Crippen molar-refractivity contribution in [3.05, 3.63) is 33.8 Å².